The highest BCUT2D eigenvalue weighted by atomic mass is 35.5. The van der Waals surface area contributed by atoms with Crippen LogP contribution in [0.2, 0.25) is 5.02 Å². The highest BCUT2D eigenvalue weighted by Gasteiger charge is 2.22. The average molecular weight is 376 g/mol. The fourth-order valence-electron chi connectivity index (χ4n) is 2.82. The number of nitrogens with one attached hydrogen (secondary N) is 1. The van der Waals surface area contributed by atoms with Gasteiger partial charge in [-0.05, 0) is 23.8 Å². The number of rotatable bonds is 5. The van der Waals surface area contributed by atoms with E-state index in [0.29, 0.717) is 37.0 Å². The number of nitro benzene ring substituents is 1. The van der Waals surface area contributed by atoms with Crippen molar-refractivity contribution in [2.24, 2.45) is 0 Å². The number of anilines is 1. The van der Waals surface area contributed by atoms with Gasteiger partial charge in [-0.2, -0.15) is 0 Å². The summed E-state index contributed by atoms with van der Waals surface area (Å²) in [6.45, 7) is 2.66. The van der Waals surface area contributed by atoms with Gasteiger partial charge in [-0.25, -0.2) is 0 Å². The number of carbonyl (C=O) groups excluding carboxylic acids is 1. The number of ether oxygens (including phenoxy) is 1. The first-order valence-electron chi connectivity index (χ1n) is 8.18. The number of amides is 1. The molecule has 8 heteroatoms. The molecule has 1 amide bonds. The molecule has 3 rings (SSSR count). The first kappa shape index (κ1) is 18.2. The van der Waals surface area contributed by atoms with Crippen LogP contribution in [0.25, 0.3) is 0 Å². The van der Waals surface area contributed by atoms with Crippen molar-refractivity contribution < 1.29 is 14.5 Å². The fraction of sp³-hybridized carbons (Fsp3) is 0.278. The van der Waals surface area contributed by atoms with Crippen molar-refractivity contribution in [2.45, 2.75) is 6.54 Å². The van der Waals surface area contributed by atoms with Crippen LogP contribution in [0.5, 0.6) is 0 Å². The summed E-state index contributed by atoms with van der Waals surface area (Å²) in [4.78, 5) is 25.3. The molecule has 0 aliphatic carbocycles. The van der Waals surface area contributed by atoms with Crippen LogP contribution in [-0.2, 0) is 11.3 Å². The summed E-state index contributed by atoms with van der Waals surface area (Å²) >= 11 is 5.95. The van der Waals surface area contributed by atoms with Crippen LogP contribution in [0.15, 0.2) is 42.5 Å². The predicted octanol–water partition coefficient (Wildman–Crippen LogP) is 3.01. The fourth-order valence-corrected chi connectivity index (χ4v) is 3.04. The Balaban J connectivity index is 1.83. The Bertz CT molecular complexity index is 822. The van der Waals surface area contributed by atoms with Gasteiger partial charge in [0.1, 0.15) is 0 Å². The Morgan fingerprint density at radius 1 is 1.23 bits per heavy atom. The standard InChI is InChI=1S/C18H18ClN3O4/c19-14-3-1-2-13(10-14)12-20-18(23)16-11-15(22(24)25)4-5-17(16)21-6-8-26-9-7-21/h1-5,10-11H,6-9,12H2,(H,20,23). The van der Waals surface area contributed by atoms with E-state index in [2.05, 4.69) is 5.32 Å². The molecule has 0 bridgehead atoms. The summed E-state index contributed by atoms with van der Waals surface area (Å²) in [5.41, 5.74) is 1.68. The average Bonchev–Trinajstić information content (AvgIpc) is 2.66. The van der Waals surface area contributed by atoms with E-state index in [-0.39, 0.29) is 23.7 Å². The van der Waals surface area contributed by atoms with Crippen molar-refractivity contribution in [3.05, 3.63) is 68.7 Å². The van der Waals surface area contributed by atoms with Gasteiger partial charge >= 0.3 is 0 Å². The highest BCUT2D eigenvalue weighted by Crippen LogP contribution is 2.26. The van der Waals surface area contributed by atoms with Crippen molar-refractivity contribution in [1.82, 2.24) is 5.32 Å². The molecule has 0 aromatic heterocycles. The van der Waals surface area contributed by atoms with Gasteiger partial charge in [0.15, 0.2) is 0 Å². The quantitative estimate of drug-likeness (QED) is 0.641. The van der Waals surface area contributed by atoms with E-state index in [1.54, 1.807) is 24.3 Å². The minimum atomic E-state index is -0.503. The Labute approximate surface area is 155 Å². The Morgan fingerprint density at radius 3 is 2.69 bits per heavy atom. The van der Waals surface area contributed by atoms with Crippen LogP contribution in [0.1, 0.15) is 15.9 Å². The van der Waals surface area contributed by atoms with Crippen LogP contribution in [0.4, 0.5) is 11.4 Å². The van der Waals surface area contributed by atoms with E-state index in [1.807, 2.05) is 11.0 Å². The van der Waals surface area contributed by atoms with E-state index in [0.717, 1.165) is 5.56 Å². The van der Waals surface area contributed by atoms with Gasteiger partial charge in [0.05, 0.1) is 29.4 Å². The minimum Gasteiger partial charge on any atom is -0.378 e. The molecule has 0 saturated carbocycles. The molecule has 2 aromatic rings. The van der Waals surface area contributed by atoms with Crippen LogP contribution >= 0.6 is 11.6 Å². The maximum absolute atomic E-state index is 12.7. The minimum absolute atomic E-state index is 0.116. The van der Waals surface area contributed by atoms with Gasteiger partial charge in [-0.3, -0.25) is 14.9 Å². The summed E-state index contributed by atoms with van der Waals surface area (Å²) in [6, 6.07) is 11.5. The number of hydrogen-bond donors (Lipinski definition) is 1. The van der Waals surface area contributed by atoms with E-state index in [4.69, 9.17) is 16.3 Å². The molecule has 1 saturated heterocycles. The predicted molar refractivity (Wildman–Crippen MR) is 98.8 cm³/mol. The summed E-state index contributed by atoms with van der Waals surface area (Å²) in [5.74, 6) is -0.366. The Hall–Kier alpha value is -2.64. The third-order valence-electron chi connectivity index (χ3n) is 4.13. The van der Waals surface area contributed by atoms with Gasteiger partial charge in [0, 0.05) is 36.8 Å². The maximum Gasteiger partial charge on any atom is 0.270 e. The number of benzene rings is 2. The Morgan fingerprint density at radius 2 is 2.00 bits per heavy atom. The zero-order valence-corrected chi connectivity index (χ0v) is 14.7. The lowest BCUT2D eigenvalue weighted by Crippen LogP contribution is -2.38. The second-order valence-corrected chi connectivity index (χ2v) is 6.31. The lowest BCUT2D eigenvalue weighted by Gasteiger charge is -2.30. The molecule has 2 aromatic carbocycles. The van der Waals surface area contributed by atoms with Gasteiger partial charge < -0.3 is 15.0 Å². The molecule has 1 N–H and O–H groups in total. The molecule has 0 spiro atoms. The van der Waals surface area contributed by atoms with Crippen LogP contribution in [-0.4, -0.2) is 37.1 Å². The molecule has 1 heterocycles. The largest absolute Gasteiger partial charge is 0.378 e. The van der Waals surface area contributed by atoms with Gasteiger partial charge in [-0.15, -0.1) is 0 Å². The van der Waals surface area contributed by atoms with Crippen LogP contribution in [0, 0.1) is 10.1 Å². The second-order valence-electron chi connectivity index (χ2n) is 5.87. The van der Waals surface area contributed by atoms with Gasteiger partial charge in [0.25, 0.3) is 11.6 Å². The van der Waals surface area contributed by atoms with E-state index in [9.17, 15) is 14.9 Å². The van der Waals surface area contributed by atoms with E-state index < -0.39 is 4.92 Å². The number of carbonyl (C=O) groups is 1. The van der Waals surface area contributed by atoms with Crippen molar-refractivity contribution in [3.8, 4) is 0 Å². The molecular weight excluding hydrogens is 358 g/mol. The number of nitro groups is 1. The number of non-ortho nitro benzene ring substituents is 1. The topological polar surface area (TPSA) is 84.7 Å². The van der Waals surface area contributed by atoms with Crippen molar-refractivity contribution in [3.63, 3.8) is 0 Å². The molecular formula is C18H18ClN3O4. The SMILES string of the molecule is O=C(NCc1cccc(Cl)c1)c1cc([N+](=O)[O-])ccc1N1CCOCC1. The highest BCUT2D eigenvalue weighted by molar-refractivity contribution is 6.30. The number of nitrogens with zero attached hydrogens (tertiary/aromatic N) is 2. The summed E-state index contributed by atoms with van der Waals surface area (Å²) in [6.07, 6.45) is 0. The normalized spacial score (nSPS) is 14.1. The first-order chi connectivity index (χ1) is 12.5. The molecule has 136 valence electrons. The lowest BCUT2D eigenvalue weighted by molar-refractivity contribution is -0.384. The smallest absolute Gasteiger partial charge is 0.270 e. The molecule has 1 aliphatic rings. The molecule has 0 radical (unpaired) electrons. The molecule has 7 nitrogen and oxygen atoms in total. The van der Waals surface area contributed by atoms with Crippen LogP contribution < -0.4 is 10.2 Å². The molecule has 0 atom stereocenters. The maximum atomic E-state index is 12.7. The number of halogens is 1. The zero-order valence-electron chi connectivity index (χ0n) is 14.0. The van der Waals surface area contributed by atoms with Crippen LogP contribution in [0.3, 0.4) is 0 Å². The van der Waals surface area contributed by atoms with Crippen molar-refractivity contribution in [2.75, 3.05) is 31.2 Å². The summed E-state index contributed by atoms with van der Waals surface area (Å²) < 4.78 is 5.34. The summed E-state index contributed by atoms with van der Waals surface area (Å²) in [5, 5.41) is 14.5. The second kappa shape index (κ2) is 8.16. The van der Waals surface area contributed by atoms with Gasteiger partial charge in [-0.1, -0.05) is 23.7 Å². The number of hydrogen-bond acceptors (Lipinski definition) is 5. The lowest BCUT2D eigenvalue weighted by atomic mass is 10.1. The molecule has 26 heavy (non-hydrogen) atoms. The number of morpholine rings is 1. The zero-order chi connectivity index (χ0) is 18.5. The van der Waals surface area contributed by atoms with E-state index in [1.165, 1.54) is 12.1 Å². The summed E-state index contributed by atoms with van der Waals surface area (Å²) in [7, 11) is 0. The van der Waals surface area contributed by atoms with Crippen molar-refractivity contribution in [1.29, 1.82) is 0 Å². The van der Waals surface area contributed by atoms with E-state index >= 15 is 0 Å². The first-order valence-corrected chi connectivity index (χ1v) is 8.56. The third-order valence-corrected chi connectivity index (χ3v) is 4.36. The third kappa shape index (κ3) is 4.30. The van der Waals surface area contributed by atoms with Crippen molar-refractivity contribution >= 4 is 28.9 Å². The van der Waals surface area contributed by atoms with Gasteiger partial charge in [0.2, 0.25) is 0 Å². The Kier molecular flexibility index (Phi) is 5.70. The monoisotopic (exact) mass is 375 g/mol. The molecule has 1 aliphatic heterocycles. The molecule has 0 unspecified atom stereocenters. The molecule has 1 fully saturated rings.